The minimum Gasteiger partial charge on any atom is -0.337 e. The number of nitrogens with zero attached hydrogens (tertiary/aromatic N) is 5. The first-order chi connectivity index (χ1) is 10.6. The summed E-state index contributed by atoms with van der Waals surface area (Å²) in [6.07, 6.45) is 4.83. The van der Waals surface area contributed by atoms with E-state index >= 15 is 0 Å². The van der Waals surface area contributed by atoms with E-state index < -0.39 is 0 Å². The lowest BCUT2D eigenvalue weighted by Crippen LogP contribution is -2.26. The van der Waals surface area contributed by atoms with E-state index in [1.807, 2.05) is 12.1 Å². The number of aromatic nitrogens is 4. The van der Waals surface area contributed by atoms with Crippen LogP contribution in [0.2, 0.25) is 5.28 Å². The van der Waals surface area contributed by atoms with Crippen LogP contribution in [-0.2, 0) is 0 Å². The Morgan fingerprint density at radius 2 is 2.00 bits per heavy atom. The van der Waals surface area contributed by atoms with Gasteiger partial charge in [0.2, 0.25) is 5.28 Å². The van der Waals surface area contributed by atoms with Crippen molar-refractivity contribution in [3.63, 3.8) is 0 Å². The van der Waals surface area contributed by atoms with Gasteiger partial charge in [0.05, 0.1) is 15.7 Å². The summed E-state index contributed by atoms with van der Waals surface area (Å²) in [6.45, 7) is 0. The normalized spacial score (nSPS) is 10.7. The minimum absolute atomic E-state index is 0.147. The van der Waals surface area contributed by atoms with Gasteiger partial charge in [-0.15, -0.1) is 0 Å². The Hall–Kier alpha value is -2.03. The van der Waals surface area contributed by atoms with Gasteiger partial charge in [-0.2, -0.15) is 4.98 Å². The van der Waals surface area contributed by atoms with Crippen molar-refractivity contribution >= 4 is 55.8 Å². The van der Waals surface area contributed by atoms with Gasteiger partial charge in [-0.3, -0.25) is 9.97 Å². The van der Waals surface area contributed by atoms with Crippen molar-refractivity contribution < 1.29 is 0 Å². The van der Waals surface area contributed by atoms with Crippen molar-refractivity contribution in [3.05, 3.63) is 40.5 Å². The largest absolute Gasteiger partial charge is 0.337 e. The highest BCUT2D eigenvalue weighted by Gasteiger charge is 2.14. The van der Waals surface area contributed by atoms with Crippen LogP contribution in [0, 0.1) is 0 Å². The minimum atomic E-state index is 0.147. The Morgan fingerprint density at radius 1 is 1.23 bits per heavy atom. The molecule has 2 aromatic heterocycles. The third-order valence-corrected chi connectivity index (χ3v) is 3.70. The van der Waals surface area contributed by atoms with Crippen LogP contribution in [-0.4, -0.2) is 27.0 Å². The van der Waals surface area contributed by atoms with Crippen molar-refractivity contribution in [3.8, 4) is 0 Å². The van der Waals surface area contributed by atoms with Crippen molar-refractivity contribution in [2.75, 3.05) is 17.4 Å². The second-order valence-corrected chi connectivity index (χ2v) is 5.65. The number of halogens is 2. The molecule has 0 spiro atoms. The summed E-state index contributed by atoms with van der Waals surface area (Å²) in [5.41, 5.74) is 2.87. The topological polar surface area (TPSA) is 92.8 Å². The standard InChI is InChI=1S/C13H11BrClN7/c1-22(16)11-9(3-2-8-10(11)18-5-4-17-8)20-12-7(14)6-19-13(15)21-12/h2-6H,16H2,1H3,(H,19,20,21). The van der Waals surface area contributed by atoms with E-state index in [0.717, 1.165) is 11.2 Å². The van der Waals surface area contributed by atoms with Gasteiger partial charge in [0.25, 0.3) is 0 Å². The third kappa shape index (κ3) is 2.80. The predicted molar refractivity (Wildman–Crippen MR) is 90.2 cm³/mol. The fourth-order valence-electron chi connectivity index (χ4n) is 2.04. The molecule has 0 amide bonds. The smallest absolute Gasteiger partial charge is 0.224 e. The van der Waals surface area contributed by atoms with Gasteiger partial charge < -0.3 is 10.3 Å². The second-order valence-electron chi connectivity index (χ2n) is 4.46. The molecule has 0 bridgehead atoms. The number of anilines is 3. The summed E-state index contributed by atoms with van der Waals surface area (Å²) in [5.74, 6) is 6.49. The molecule has 0 saturated heterocycles. The first kappa shape index (κ1) is 14.9. The lowest BCUT2D eigenvalue weighted by atomic mass is 10.2. The molecule has 0 fully saturated rings. The molecule has 22 heavy (non-hydrogen) atoms. The molecule has 0 unspecified atom stereocenters. The molecule has 0 radical (unpaired) electrons. The maximum Gasteiger partial charge on any atom is 0.224 e. The van der Waals surface area contributed by atoms with Crippen LogP contribution in [0.25, 0.3) is 11.0 Å². The van der Waals surface area contributed by atoms with Gasteiger partial charge >= 0.3 is 0 Å². The van der Waals surface area contributed by atoms with Gasteiger partial charge in [-0.25, -0.2) is 10.8 Å². The zero-order chi connectivity index (χ0) is 15.7. The maximum absolute atomic E-state index is 5.96. The molecule has 112 valence electrons. The van der Waals surface area contributed by atoms with E-state index in [9.17, 15) is 0 Å². The summed E-state index contributed by atoms with van der Waals surface area (Å²) < 4.78 is 0.682. The van der Waals surface area contributed by atoms with Crippen molar-refractivity contribution in [1.82, 2.24) is 19.9 Å². The van der Waals surface area contributed by atoms with Gasteiger partial charge in [-0.1, -0.05) is 0 Å². The number of hydrogen-bond acceptors (Lipinski definition) is 7. The Balaban J connectivity index is 2.14. The van der Waals surface area contributed by atoms with Gasteiger partial charge in [0.15, 0.2) is 0 Å². The van der Waals surface area contributed by atoms with Crippen LogP contribution in [0.4, 0.5) is 17.2 Å². The van der Waals surface area contributed by atoms with Crippen molar-refractivity contribution in [1.29, 1.82) is 0 Å². The quantitative estimate of drug-likeness (QED) is 0.410. The zero-order valence-electron chi connectivity index (χ0n) is 11.5. The Bertz CT molecular complexity index is 840. The van der Waals surface area contributed by atoms with E-state index in [0.29, 0.717) is 21.5 Å². The lowest BCUT2D eigenvalue weighted by Gasteiger charge is -2.19. The number of nitrogens with one attached hydrogen (secondary N) is 1. The number of hydrazine groups is 1. The molecule has 0 atom stereocenters. The Morgan fingerprint density at radius 3 is 2.77 bits per heavy atom. The molecule has 0 aliphatic rings. The second kappa shape index (κ2) is 5.99. The number of rotatable bonds is 3. The third-order valence-electron chi connectivity index (χ3n) is 2.93. The van der Waals surface area contributed by atoms with Crippen molar-refractivity contribution in [2.45, 2.75) is 0 Å². The molecule has 1 aromatic carbocycles. The lowest BCUT2D eigenvalue weighted by molar-refractivity contribution is 1.02. The summed E-state index contributed by atoms with van der Waals surface area (Å²) in [4.78, 5) is 16.7. The molecule has 7 nitrogen and oxygen atoms in total. The van der Waals surface area contributed by atoms with Gasteiger partial charge in [0.1, 0.15) is 17.0 Å². The fourth-order valence-corrected chi connectivity index (χ4v) is 2.46. The zero-order valence-corrected chi connectivity index (χ0v) is 13.8. The van der Waals surface area contributed by atoms with Crippen LogP contribution in [0.15, 0.2) is 35.2 Å². The first-order valence-corrected chi connectivity index (χ1v) is 7.40. The van der Waals surface area contributed by atoms with E-state index in [-0.39, 0.29) is 5.28 Å². The molecular formula is C13H11BrClN7. The van der Waals surface area contributed by atoms with E-state index in [4.69, 9.17) is 17.4 Å². The van der Waals surface area contributed by atoms with Crippen molar-refractivity contribution in [2.24, 2.45) is 5.84 Å². The summed E-state index contributed by atoms with van der Waals surface area (Å²) in [7, 11) is 1.73. The van der Waals surface area contributed by atoms with Crippen LogP contribution < -0.4 is 16.2 Å². The maximum atomic E-state index is 5.96. The molecule has 0 saturated carbocycles. The Kier molecular flexibility index (Phi) is 4.06. The number of nitrogens with two attached hydrogens (primary N) is 1. The molecule has 0 aliphatic heterocycles. The number of benzene rings is 1. The molecule has 3 rings (SSSR count). The van der Waals surface area contributed by atoms with Crippen LogP contribution in [0.1, 0.15) is 0 Å². The fraction of sp³-hybridized carbons (Fsp3) is 0.0769. The average Bonchev–Trinajstić information content (AvgIpc) is 2.50. The first-order valence-electron chi connectivity index (χ1n) is 6.23. The average molecular weight is 381 g/mol. The predicted octanol–water partition coefficient (Wildman–Crippen LogP) is 2.89. The van der Waals surface area contributed by atoms with Crippen LogP contribution >= 0.6 is 27.5 Å². The monoisotopic (exact) mass is 379 g/mol. The number of hydrogen-bond donors (Lipinski definition) is 2. The van der Waals surface area contributed by atoms with Crippen LogP contribution in [0.5, 0.6) is 0 Å². The van der Waals surface area contributed by atoms with Gasteiger partial charge in [0, 0.05) is 25.6 Å². The molecule has 3 aromatic rings. The van der Waals surface area contributed by atoms with E-state index in [1.54, 1.807) is 25.6 Å². The highest BCUT2D eigenvalue weighted by Crippen LogP contribution is 2.34. The molecule has 0 aliphatic carbocycles. The van der Waals surface area contributed by atoms with Gasteiger partial charge in [-0.05, 0) is 39.7 Å². The summed E-state index contributed by atoms with van der Waals surface area (Å²) >= 11 is 9.22. The Labute approximate surface area is 139 Å². The molecule has 3 N–H and O–H groups in total. The van der Waals surface area contributed by atoms with E-state index in [1.165, 1.54) is 5.01 Å². The molecular weight excluding hydrogens is 370 g/mol. The highest BCUT2D eigenvalue weighted by atomic mass is 79.9. The summed E-state index contributed by atoms with van der Waals surface area (Å²) in [6, 6.07) is 3.71. The number of fused-ring (bicyclic) bond motifs is 1. The highest BCUT2D eigenvalue weighted by molar-refractivity contribution is 9.10. The van der Waals surface area contributed by atoms with Crippen LogP contribution in [0.3, 0.4) is 0 Å². The SMILES string of the molecule is CN(N)c1c(Nc2nc(Cl)ncc2Br)ccc2nccnc12. The summed E-state index contributed by atoms with van der Waals surface area (Å²) in [5, 5.41) is 4.81. The molecule has 2 heterocycles. The molecule has 9 heteroatoms. The van der Waals surface area contributed by atoms with E-state index in [2.05, 4.69) is 41.2 Å².